The van der Waals surface area contributed by atoms with Gasteiger partial charge in [0.25, 0.3) is 0 Å². The van der Waals surface area contributed by atoms with E-state index >= 15 is 0 Å². The first kappa shape index (κ1) is 15.8. The molecule has 2 aromatic carbocycles. The Bertz CT molecular complexity index is 1070. The fourth-order valence-corrected chi connectivity index (χ4v) is 3.48. The maximum Gasteiger partial charge on any atom is 0.159 e. The van der Waals surface area contributed by atoms with Crippen molar-refractivity contribution in [3.8, 4) is 5.75 Å². The minimum absolute atomic E-state index is 0.336. The van der Waals surface area contributed by atoms with Gasteiger partial charge in [-0.15, -0.1) is 0 Å². The second-order valence-electron chi connectivity index (χ2n) is 6.31. The molecule has 0 fully saturated rings. The zero-order valence-electron chi connectivity index (χ0n) is 14.4. The van der Waals surface area contributed by atoms with Crippen molar-refractivity contribution in [3.63, 3.8) is 0 Å². The molecular formula is C20H15N4O3-. The number of aliphatic imine (C=N–C) groups is 2. The van der Waals surface area contributed by atoms with Crippen molar-refractivity contribution in [3.05, 3.63) is 82.8 Å². The Morgan fingerprint density at radius 1 is 1.04 bits per heavy atom. The van der Waals surface area contributed by atoms with Crippen molar-refractivity contribution in [2.75, 3.05) is 17.2 Å². The van der Waals surface area contributed by atoms with Crippen LogP contribution >= 0.6 is 0 Å². The molecule has 0 saturated carbocycles. The van der Waals surface area contributed by atoms with Gasteiger partial charge in [-0.3, -0.25) is 10.2 Å². The van der Waals surface area contributed by atoms with Crippen molar-refractivity contribution in [2.45, 2.75) is 6.04 Å². The molecule has 0 radical (unpaired) electrons. The highest BCUT2D eigenvalue weighted by molar-refractivity contribution is 6.19. The molecular weight excluding hydrogens is 344 g/mol. The zero-order valence-corrected chi connectivity index (χ0v) is 14.4. The summed E-state index contributed by atoms with van der Waals surface area (Å²) < 4.78 is 5.39. The summed E-state index contributed by atoms with van der Waals surface area (Å²) in [6.07, 6.45) is 3.43. The summed E-state index contributed by atoms with van der Waals surface area (Å²) in [5.41, 5.74) is 2.99. The molecule has 1 N–H and O–H groups in total. The fourth-order valence-electron chi connectivity index (χ4n) is 3.48. The number of amidine groups is 1. The Labute approximate surface area is 155 Å². The van der Waals surface area contributed by atoms with Crippen LogP contribution in [0.3, 0.4) is 0 Å². The van der Waals surface area contributed by atoms with E-state index < -0.39 is 0 Å². The van der Waals surface area contributed by atoms with Crippen LogP contribution < -0.4 is 14.9 Å². The van der Waals surface area contributed by atoms with Crippen LogP contribution in [0.1, 0.15) is 5.56 Å². The predicted octanol–water partition coefficient (Wildman–Crippen LogP) is 3.26. The molecule has 1 aliphatic carbocycles. The van der Waals surface area contributed by atoms with Crippen molar-refractivity contribution < 1.29 is 9.94 Å². The highest BCUT2D eigenvalue weighted by atomic mass is 16.5. The number of hydroxylamine groups is 2. The standard InChI is InChI=1S/C20H15N4O3/c1-27-19-9-5-2-6-12(19)20-21-13-10-17-18(11-14(13)22-20)24(26)16-8-4-3-7-15(16)23(17)25/h2-11,13,25H,1H3/q-1. The molecule has 2 heterocycles. The molecule has 1 unspecified atom stereocenters. The van der Waals surface area contributed by atoms with Crippen LogP contribution in [0.4, 0.5) is 11.4 Å². The maximum atomic E-state index is 12.8. The van der Waals surface area contributed by atoms with Gasteiger partial charge in [-0.1, -0.05) is 24.3 Å². The third kappa shape index (κ3) is 2.29. The summed E-state index contributed by atoms with van der Waals surface area (Å²) in [6.45, 7) is 0. The lowest BCUT2D eigenvalue weighted by Crippen LogP contribution is -2.36. The second-order valence-corrected chi connectivity index (χ2v) is 6.31. The molecule has 0 amide bonds. The number of hydrogen-bond donors (Lipinski definition) is 1. The summed E-state index contributed by atoms with van der Waals surface area (Å²) >= 11 is 0. The fraction of sp³-hybridized carbons (Fsp3) is 0.100. The first-order valence-corrected chi connectivity index (χ1v) is 8.46. The van der Waals surface area contributed by atoms with Crippen molar-refractivity contribution >= 4 is 22.9 Å². The average molecular weight is 359 g/mol. The number of para-hydroxylation sites is 3. The Balaban J connectivity index is 1.60. The van der Waals surface area contributed by atoms with E-state index in [1.165, 1.54) is 0 Å². The van der Waals surface area contributed by atoms with Gasteiger partial charge in [0.2, 0.25) is 0 Å². The highest BCUT2D eigenvalue weighted by Gasteiger charge is 2.33. The third-order valence-corrected chi connectivity index (χ3v) is 4.79. The SMILES string of the molecule is COc1ccccc1C1=NC2C=C3C(=CC2=N1)N([O-])c1ccccc1N3O. The van der Waals surface area contributed by atoms with Crippen LogP contribution in [-0.2, 0) is 0 Å². The van der Waals surface area contributed by atoms with Crippen molar-refractivity contribution in [1.29, 1.82) is 0 Å². The Kier molecular flexibility index (Phi) is 3.40. The average Bonchev–Trinajstić information content (AvgIpc) is 3.14. The lowest BCUT2D eigenvalue weighted by Gasteiger charge is -2.44. The van der Waals surface area contributed by atoms with Crippen molar-refractivity contribution in [1.82, 2.24) is 0 Å². The lowest BCUT2D eigenvalue weighted by molar-refractivity contribution is 0.283. The number of benzene rings is 2. The quantitative estimate of drug-likeness (QED) is 0.890. The van der Waals surface area contributed by atoms with Crippen LogP contribution in [0.15, 0.2) is 82.1 Å². The van der Waals surface area contributed by atoms with Crippen LogP contribution in [0.5, 0.6) is 5.75 Å². The van der Waals surface area contributed by atoms with E-state index in [4.69, 9.17) is 4.74 Å². The molecule has 134 valence electrons. The van der Waals surface area contributed by atoms with E-state index in [1.807, 2.05) is 24.3 Å². The molecule has 7 nitrogen and oxygen atoms in total. The van der Waals surface area contributed by atoms with Gasteiger partial charge >= 0.3 is 0 Å². The van der Waals surface area contributed by atoms with E-state index in [2.05, 4.69) is 9.98 Å². The van der Waals surface area contributed by atoms with Crippen LogP contribution in [0.2, 0.25) is 0 Å². The zero-order chi connectivity index (χ0) is 18.5. The molecule has 0 aromatic heterocycles. The number of nitrogens with zero attached hydrogens (tertiary/aromatic N) is 4. The molecule has 0 spiro atoms. The summed E-state index contributed by atoms with van der Waals surface area (Å²) in [5, 5.41) is 25.2. The first-order chi connectivity index (χ1) is 13.2. The molecule has 1 atom stereocenters. The van der Waals surface area contributed by atoms with E-state index in [-0.39, 0.29) is 6.04 Å². The molecule has 7 heteroatoms. The maximum absolute atomic E-state index is 12.8. The number of ether oxygens (including phenoxy) is 1. The molecule has 5 rings (SSSR count). The first-order valence-electron chi connectivity index (χ1n) is 8.46. The van der Waals surface area contributed by atoms with Crippen LogP contribution in [0, 0.1) is 5.21 Å². The van der Waals surface area contributed by atoms with E-state index in [1.54, 1.807) is 43.5 Å². The van der Waals surface area contributed by atoms with Gasteiger partial charge in [0.05, 0.1) is 41.2 Å². The lowest BCUT2D eigenvalue weighted by atomic mass is 10.00. The summed E-state index contributed by atoms with van der Waals surface area (Å²) in [7, 11) is 1.60. The third-order valence-electron chi connectivity index (χ3n) is 4.79. The monoisotopic (exact) mass is 359 g/mol. The van der Waals surface area contributed by atoms with Crippen LogP contribution in [0.25, 0.3) is 0 Å². The number of rotatable bonds is 2. The van der Waals surface area contributed by atoms with E-state index in [9.17, 15) is 10.4 Å². The van der Waals surface area contributed by atoms with Gasteiger partial charge in [0.15, 0.2) is 5.84 Å². The molecule has 0 saturated heterocycles. The Hall–Kier alpha value is -3.42. The van der Waals surface area contributed by atoms with Crippen LogP contribution in [-0.4, -0.2) is 29.9 Å². The topological polar surface area (TPSA) is 83.7 Å². The molecule has 2 aromatic rings. The number of methoxy groups -OCH3 is 1. The van der Waals surface area contributed by atoms with Gasteiger partial charge < -0.3 is 15.0 Å². The summed E-state index contributed by atoms with van der Waals surface area (Å²) in [6, 6.07) is 14.0. The normalized spacial score (nSPS) is 20.0. The Morgan fingerprint density at radius 3 is 2.59 bits per heavy atom. The molecule has 3 aliphatic rings. The van der Waals surface area contributed by atoms with Gasteiger partial charge in [-0.05, 0) is 36.4 Å². The summed E-state index contributed by atoms with van der Waals surface area (Å²) in [5.74, 6) is 1.22. The Morgan fingerprint density at radius 2 is 1.78 bits per heavy atom. The molecule has 0 bridgehead atoms. The van der Waals surface area contributed by atoms with Gasteiger partial charge in [-0.25, -0.2) is 10.1 Å². The largest absolute Gasteiger partial charge is 0.754 e. The molecule has 27 heavy (non-hydrogen) atoms. The molecule has 2 aliphatic heterocycles. The van der Waals surface area contributed by atoms with Gasteiger partial charge in [0, 0.05) is 0 Å². The van der Waals surface area contributed by atoms with E-state index in [0.29, 0.717) is 40.1 Å². The number of hydrogen-bond acceptors (Lipinski definition) is 7. The van der Waals surface area contributed by atoms with Crippen molar-refractivity contribution in [2.24, 2.45) is 9.98 Å². The number of fused-ring (bicyclic) bond motifs is 3. The van der Waals surface area contributed by atoms with Gasteiger partial charge in [-0.2, -0.15) is 0 Å². The second kappa shape index (κ2) is 5.80. The minimum Gasteiger partial charge on any atom is -0.754 e. The minimum atomic E-state index is -0.364. The summed E-state index contributed by atoms with van der Waals surface area (Å²) in [4.78, 5) is 9.24. The smallest absolute Gasteiger partial charge is 0.159 e. The van der Waals surface area contributed by atoms with Gasteiger partial charge in [0.1, 0.15) is 11.8 Å². The number of anilines is 2. The predicted molar refractivity (Wildman–Crippen MR) is 103 cm³/mol. The highest BCUT2D eigenvalue weighted by Crippen LogP contribution is 2.42. The van der Waals surface area contributed by atoms with E-state index in [0.717, 1.165) is 15.7 Å².